The van der Waals surface area contributed by atoms with Crippen molar-refractivity contribution in [1.29, 1.82) is 0 Å². The summed E-state index contributed by atoms with van der Waals surface area (Å²) >= 11 is 0. The first kappa shape index (κ1) is 31.2. The molecule has 7 heteroatoms. The molecule has 0 aliphatic carbocycles. The molecule has 0 amide bonds. The van der Waals surface area contributed by atoms with Gasteiger partial charge in [0.2, 0.25) is 5.95 Å². The van der Waals surface area contributed by atoms with Gasteiger partial charge in [0.05, 0.1) is 22.1 Å². The number of benzene rings is 8. The minimum absolute atomic E-state index is 0.530. The molecule has 13 aromatic rings. The number of para-hydroxylation sites is 5. The van der Waals surface area contributed by atoms with E-state index in [1.54, 1.807) is 0 Å². The van der Waals surface area contributed by atoms with Crippen molar-refractivity contribution in [3.8, 4) is 34.4 Å². The number of hydrogen-bond acceptors (Lipinski definition) is 5. The molecular formula is C51H29N5O2. The molecule has 0 radical (unpaired) electrons. The molecular weight excluding hydrogens is 715 g/mol. The van der Waals surface area contributed by atoms with Crippen molar-refractivity contribution in [2.24, 2.45) is 0 Å². The highest BCUT2D eigenvalue weighted by Crippen LogP contribution is 2.39. The van der Waals surface area contributed by atoms with Gasteiger partial charge < -0.3 is 13.4 Å². The number of nitrogens with zero attached hydrogens (tertiary/aromatic N) is 5. The molecule has 7 nitrogen and oxygen atoms in total. The van der Waals surface area contributed by atoms with E-state index in [0.717, 1.165) is 93.5 Å². The fraction of sp³-hybridized carbons (Fsp3) is 0. The predicted octanol–water partition coefficient (Wildman–Crippen LogP) is 13.2. The third-order valence-corrected chi connectivity index (χ3v) is 11.6. The lowest BCUT2D eigenvalue weighted by molar-refractivity contribution is 0.668. The van der Waals surface area contributed by atoms with Gasteiger partial charge in [-0.3, -0.25) is 4.57 Å². The van der Waals surface area contributed by atoms with Crippen LogP contribution in [0.4, 0.5) is 0 Å². The van der Waals surface area contributed by atoms with Gasteiger partial charge >= 0.3 is 0 Å². The lowest BCUT2D eigenvalue weighted by Gasteiger charge is -2.11. The monoisotopic (exact) mass is 743 g/mol. The molecule has 0 aliphatic heterocycles. The van der Waals surface area contributed by atoms with E-state index in [2.05, 4.69) is 155 Å². The van der Waals surface area contributed by atoms with Crippen molar-refractivity contribution in [3.63, 3.8) is 0 Å². The van der Waals surface area contributed by atoms with E-state index in [-0.39, 0.29) is 0 Å². The average molecular weight is 744 g/mol. The summed E-state index contributed by atoms with van der Waals surface area (Å²) in [6, 6.07) is 60.8. The zero-order chi connectivity index (χ0) is 37.9. The molecule has 8 aromatic carbocycles. The maximum atomic E-state index is 6.70. The summed E-state index contributed by atoms with van der Waals surface area (Å²) in [5, 5.41) is 8.77. The van der Waals surface area contributed by atoms with Crippen molar-refractivity contribution in [1.82, 2.24) is 24.1 Å². The van der Waals surface area contributed by atoms with Gasteiger partial charge in [-0.1, -0.05) is 109 Å². The lowest BCUT2D eigenvalue weighted by atomic mass is 10.1. The summed E-state index contributed by atoms with van der Waals surface area (Å²) in [5.74, 6) is 1.63. The van der Waals surface area contributed by atoms with Gasteiger partial charge in [-0.2, -0.15) is 9.97 Å². The number of rotatable bonds is 4. The van der Waals surface area contributed by atoms with Gasteiger partial charge in [-0.05, 0) is 60.7 Å². The standard InChI is InChI=1S/C51H29N5O2/c1-6-18-40-32(12-1)33-13-2-7-19-41(33)55(40)31-25-27-37-36-26-24-30(28-46(36)58-47(37)29-31)49-52-50(39-17-11-23-45-48(39)38-16-5-10-22-44(38)57-45)54-51(53-49)56-42-20-8-3-14-34(42)35-15-4-9-21-43(35)56/h1-29H. The normalized spacial score (nSPS) is 12.1. The third-order valence-electron chi connectivity index (χ3n) is 11.6. The predicted molar refractivity (Wildman–Crippen MR) is 234 cm³/mol. The van der Waals surface area contributed by atoms with Crippen molar-refractivity contribution >= 4 is 87.5 Å². The van der Waals surface area contributed by atoms with Gasteiger partial charge in [0.1, 0.15) is 22.3 Å². The highest BCUT2D eigenvalue weighted by atomic mass is 16.3. The van der Waals surface area contributed by atoms with Crippen LogP contribution in [-0.4, -0.2) is 24.1 Å². The lowest BCUT2D eigenvalue weighted by Crippen LogP contribution is -2.06. The number of furan rings is 2. The van der Waals surface area contributed by atoms with Crippen LogP contribution in [0, 0.1) is 0 Å². The second kappa shape index (κ2) is 11.7. The Hall–Kier alpha value is -8.03. The smallest absolute Gasteiger partial charge is 0.238 e. The maximum absolute atomic E-state index is 6.70. The summed E-state index contributed by atoms with van der Waals surface area (Å²) in [4.78, 5) is 15.7. The van der Waals surface area contributed by atoms with Gasteiger partial charge in [0, 0.05) is 66.0 Å². The highest BCUT2D eigenvalue weighted by Gasteiger charge is 2.21. The first-order valence-corrected chi connectivity index (χ1v) is 19.4. The average Bonchev–Trinajstić information content (AvgIpc) is 4.03. The SMILES string of the molecule is c1ccc2c(c1)oc1cccc(-c3nc(-c4ccc5c(c4)oc4cc(-n6c7ccccc7c7ccccc76)ccc45)nc(-n4c5ccccc5c5ccccc54)n3)c12. The zero-order valence-electron chi connectivity index (χ0n) is 30.8. The van der Waals surface area contributed by atoms with Crippen LogP contribution in [0.15, 0.2) is 185 Å². The topological polar surface area (TPSA) is 74.8 Å². The fourth-order valence-corrected chi connectivity index (χ4v) is 9.06. The minimum atomic E-state index is 0.530. The molecule has 58 heavy (non-hydrogen) atoms. The largest absolute Gasteiger partial charge is 0.456 e. The van der Waals surface area contributed by atoms with E-state index in [1.165, 1.54) is 10.8 Å². The van der Waals surface area contributed by atoms with E-state index in [9.17, 15) is 0 Å². The minimum Gasteiger partial charge on any atom is -0.456 e. The summed E-state index contributed by atoms with van der Waals surface area (Å²) < 4.78 is 17.5. The molecule has 13 rings (SSSR count). The van der Waals surface area contributed by atoms with Crippen LogP contribution >= 0.6 is 0 Å². The number of aromatic nitrogens is 5. The molecule has 0 spiro atoms. The maximum Gasteiger partial charge on any atom is 0.238 e. The first-order chi connectivity index (χ1) is 28.7. The van der Waals surface area contributed by atoms with E-state index >= 15 is 0 Å². The second-order valence-corrected chi connectivity index (χ2v) is 14.8. The second-order valence-electron chi connectivity index (χ2n) is 14.8. The molecule has 5 aromatic heterocycles. The van der Waals surface area contributed by atoms with Crippen LogP contribution in [0.1, 0.15) is 0 Å². The molecule has 0 unspecified atom stereocenters. The molecule has 0 atom stereocenters. The fourth-order valence-electron chi connectivity index (χ4n) is 9.06. The third kappa shape index (κ3) is 4.41. The van der Waals surface area contributed by atoms with Crippen LogP contribution in [0.3, 0.4) is 0 Å². The Balaban J connectivity index is 1.03. The Labute approximate surface area is 329 Å². The quantitative estimate of drug-likeness (QED) is 0.179. The highest BCUT2D eigenvalue weighted by molar-refractivity contribution is 6.13. The summed E-state index contributed by atoms with van der Waals surface area (Å²) in [6.45, 7) is 0. The molecule has 5 heterocycles. The van der Waals surface area contributed by atoms with E-state index in [1.807, 2.05) is 30.3 Å². The van der Waals surface area contributed by atoms with Gasteiger partial charge in [0.15, 0.2) is 11.6 Å². The molecule has 0 fully saturated rings. The van der Waals surface area contributed by atoms with Gasteiger partial charge in [-0.15, -0.1) is 0 Å². The van der Waals surface area contributed by atoms with E-state index < -0.39 is 0 Å². The van der Waals surface area contributed by atoms with E-state index in [4.69, 9.17) is 23.8 Å². The number of fused-ring (bicyclic) bond motifs is 12. The van der Waals surface area contributed by atoms with Crippen LogP contribution in [-0.2, 0) is 0 Å². The Morgan fingerprint density at radius 2 is 0.862 bits per heavy atom. The van der Waals surface area contributed by atoms with Gasteiger partial charge in [-0.25, -0.2) is 4.98 Å². The molecule has 270 valence electrons. The molecule has 0 saturated heterocycles. The van der Waals surface area contributed by atoms with Crippen molar-refractivity contribution in [3.05, 3.63) is 176 Å². The van der Waals surface area contributed by atoms with Crippen LogP contribution < -0.4 is 0 Å². The van der Waals surface area contributed by atoms with Crippen molar-refractivity contribution in [2.45, 2.75) is 0 Å². The zero-order valence-corrected chi connectivity index (χ0v) is 30.8. The molecule has 0 aliphatic rings. The van der Waals surface area contributed by atoms with Crippen LogP contribution in [0.5, 0.6) is 0 Å². The van der Waals surface area contributed by atoms with Crippen LogP contribution in [0.2, 0.25) is 0 Å². The number of hydrogen-bond donors (Lipinski definition) is 0. The Morgan fingerprint density at radius 3 is 1.53 bits per heavy atom. The molecule has 0 saturated carbocycles. The van der Waals surface area contributed by atoms with E-state index in [0.29, 0.717) is 17.6 Å². The Kier molecular flexibility index (Phi) is 6.32. The van der Waals surface area contributed by atoms with Gasteiger partial charge in [0.25, 0.3) is 0 Å². The van der Waals surface area contributed by atoms with Crippen LogP contribution in [0.25, 0.3) is 122 Å². The Bertz CT molecular complexity index is 3720. The summed E-state index contributed by atoms with van der Waals surface area (Å²) in [6.07, 6.45) is 0. The van der Waals surface area contributed by atoms with Crippen molar-refractivity contribution < 1.29 is 8.83 Å². The summed E-state index contributed by atoms with van der Waals surface area (Å²) in [5.41, 5.74) is 10.3. The Morgan fingerprint density at radius 1 is 0.345 bits per heavy atom. The summed E-state index contributed by atoms with van der Waals surface area (Å²) in [7, 11) is 0. The first-order valence-electron chi connectivity index (χ1n) is 19.4. The van der Waals surface area contributed by atoms with Crippen molar-refractivity contribution in [2.75, 3.05) is 0 Å². The molecule has 0 bridgehead atoms. The molecule has 0 N–H and O–H groups in total.